The van der Waals surface area contributed by atoms with Crippen molar-refractivity contribution in [2.24, 2.45) is 0 Å². The Balaban J connectivity index is 1.44. The zero-order valence-electron chi connectivity index (χ0n) is 18.8. The summed E-state index contributed by atoms with van der Waals surface area (Å²) in [5.74, 6) is 0.827. The molecule has 6 heteroatoms. The largest absolute Gasteiger partial charge is 0.506 e. The van der Waals surface area contributed by atoms with Crippen LogP contribution in [0.1, 0.15) is 67.7 Å². The molecule has 0 radical (unpaired) electrons. The average molecular weight is 439 g/mol. The van der Waals surface area contributed by atoms with Crippen molar-refractivity contribution in [3.63, 3.8) is 0 Å². The lowest BCUT2D eigenvalue weighted by atomic mass is 9.77. The number of aromatic hydroxyl groups is 1. The summed E-state index contributed by atoms with van der Waals surface area (Å²) < 4.78 is 5.26. The van der Waals surface area contributed by atoms with E-state index in [1.54, 1.807) is 19.2 Å². The van der Waals surface area contributed by atoms with Gasteiger partial charge in [-0.05, 0) is 67.0 Å². The maximum atomic E-state index is 11.8. The van der Waals surface area contributed by atoms with Gasteiger partial charge in [0, 0.05) is 18.5 Å². The minimum Gasteiger partial charge on any atom is -0.506 e. The van der Waals surface area contributed by atoms with E-state index >= 15 is 0 Å². The molecule has 4 N–H and O–H groups in total. The van der Waals surface area contributed by atoms with Crippen LogP contribution in [0.3, 0.4) is 0 Å². The first kappa shape index (κ1) is 22.6. The van der Waals surface area contributed by atoms with Gasteiger partial charge >= 0.3 is 0 Å². The molecule has 6 nitrogen and oxygen atoms in total. The van der Waals surface area contributed by atoms with Gasteiger partial charge in [0.1, 0.15) is 11.5 Å². The second-order valence-electron chi connectivity index (χ2n) is 9.16. The van der Waals surface area contributed by atoms with Crippen molar-refractivity contribution in [3.8, 4) is 11.5 Å². The van der Waals surface area contributed by atoms with Crippen LogP contribution in [-0.4, -0.2) is 35.3 Å². The van der Waals surface area contributed by atoms with Crippen molar-refractivity contribution < 1.29 is 19.7 Å². The van der Waals surface area contributed by atoms with Crippen LogP contribution in [0.15, 0.2) is 36.4 Å². The molecule has 0 spiro atoms. The monoisotopic (exact) mass is 438 g/mol. The first-order chi connectivity index (χ1) is 15.5. The number of ether oxygens (including phenoxy) is 1. The summed E-state index contributed by atoms with van der Waals surface area (Å²) in [6, 6.07) is 11.6. The number of carbonyl (C=O) groups is 1. The molecule has 2 aromatic carbocycles. The quantitative estimate of drug-likeness (QED) is 0.463. The summed E-state index contributed by atoms with van der Waals surface area (Å²) in [7, 11) is 1.68. The predicted octanol–water partition coefficient (Wildman–Crippen LogP) is 4.24. The van der Waals surface area contributed by atoms with E-state index in [0.717, 1.165) is 42.6 Å². The Labute approximate surface area is 190 Å². The summed E-state index contributed by atoms with van der Waals surface area (Å²) >= 11 is 0. The summed E-state index contributed by atoms with van der Waals surface area (Å²) in [5.41, 5.74) is 3.39. The van der Waals surface area contributed by atoms with E-state index < -0.39 is 6.10 Å². The van der Waals surface area contributed by atoms with Crippen LogP contribution >= 0.6 is 0 Å². The molecule has 0 aromatic heterocycles. The first-order valence-corrected chi connectivity index (χ1v) is 11.7. The van der Waals surface area contributed by atoms with E-state index in [1.807, 2.05) is 12.1 Å². The Morgan fingerprint density at radius 2 is 1.84 bits per heavy atom. The van der Waals surface area contributed by atoms with Gasteiger partial charge in [-0.2, -0.15) is 0 Å². The van der Waals surface area contributed by atoms with Crippen molar-refractivity contribution in [1.82, 2.24) is 5.32 Å². The molecule has 1 unspecified atom stereocenters. The molecule has 2 aromatic rings. The number of aliphatic hydroxyl groups is 1. The van der Waals surface area contributed by atoms with Crippen molar-refractivity contribution in [1.29, 1.82) is 0 Å². The Hall–Kier alpha value is -2.57. The van der Waals surface area contributed by atoms with E-state index in [-0.39, 0.29) is 17.2 Å². The first-order valence-electron chi connectivity index (χ1n) is 11.7. The van der Waals surface area contributed by atoms with Crippen LogP contribution in [-0.2, 0) is 17.6 Å². The fourth-order valence-electron chi connectivity index (χ4n) is 5.16. The van der Waals surface area contributed by atoms with Crippen LogP contribution in [0.2, 0.25) is 0 Å². The lowest BCUT2D eigenvalue weighted by Gasteiger charge is -2.39. The number of carbonyl (C=O) groups excluding carboxylic acids is 1. The summed E-state index contributed by atoms with van der Waals surface area (Å²) in [4.78, 5) is 11.8. The number of aliphatic hydroxyl groups excluding tert-OH is 1. The Morgan fingerprint density at radius 1 is 1.09 bits per heavy atom. The molecule has 1 aliphatic heterocycles. The van der Waals surface area contributed by atoms with Crippen molar-refractivity contribution in [2.75, 3.05) is 19.0 Å². The molecule has 2 aliphatic rings. The number of hydrogen-bond acceptors (Lipinski definition) is 5. The predicted molar refractivity (Wildman–Crippen MR) is 125 cm³/mol. The smallest absolute Gasteiger partial charge is 0.224 e. The highest BCUT2D eigenvalue weighted by atomic mass is 16.5. The summed E-state index contributed by atoms with van der Waals surface area (Å²) in [5, 5.41) is 27.7. The zero-order valence-corrected chi connectivity index (χ0v) is 18.8. The van der Waals surface area contributed by atoms with Crippen molar-refractivity contribution >= 4 is 11.6 Å². The van der Waals surface area contributed by atoms with Crippen LogP contribution in [0.25, 0.3) is 0 Å². The number of amides is 1. The maximum absolute atomic E-state index is 11.8. The van der Waals surface area contributed by atoms with Gasteiger partial charge in [0.15, 0.2) is 0 Å². The highest BCUT2D eigenvalue weighted by Gasteiger charge is 2.32. The molecule has 1 atom stereocenters. The normalized spacial score (nSPS) is 18.5. The average Bonchev–Trinajstić information content (AvgIpc) is 2.83. The lowest BCUT2D eigenvalue weighted by molar-refractivity contribution is -0.116. The Morgan fingerprint density at radius 3 is 2.56 bits per heavy atom. The number of fused-ring (bicyclic) bond motifs is 1. The molecule has 1 saturated carbocycles. The number of rotatable bonds is 8. The van der Waals surface area contributed by atoms with E-state index in [1.165, 1.54) is 24.8 Å². The fourth-order valence-corrected chi connectivity index (χ4v) is 5.16. The Kier molecular flexibility index (Phi) is 7.01. The molecule has 1 amide bonds. The second kappa shape index (κ2) is 9.92. The van der Waals surface area contributed by atoms with E-state index in [2.05, 4.69) is 22.8 Å². The van der Waals surface area contributed by atoms with Gasteiger partial charge in [0.25, 0.3) is 0 Å². The van der Waals surface area contributed by atoms with Gasteiger partial charge in [-0.3, -0.25) is 4.79 Å². The Bertz CT molecular complexity index is 936. The van der Waals surface area contributed by atoms with Gasteiger partial charge in [-0.1, -0.05) is 37.5 Å². The second-order valence-corrected chi connectivity index (χ2v) is 9.16. The van der Waals surface area contributed by atoms with Crippen molar-refractivity contribution in [2.45, 2.75) is 69.4 Å². The number of methoxy groups -OCH3 is 1. The van der Waals surface area contributed by atoms with Gasteiger partial charge in [-0.25, -0.2) is 0 Å². The topological polar surface area (TPSA) is 90.8 Å². The molecule has 1 heterocycles. The molecule has 4 rings (SSSR count). The molecule has 0 bridgehead atoms. The number of anilines is 1. The zero-order chi connectivity index (χ0) is 22.6. The molecule has 1 aliphatic carbocycles. The van der Waals surface area contributed by atoms with Crippen molar-refractivity contribution in [3.05, 3.63) is 53.1 Å². The number of β-amino-alcohol motifs (C(OH)–C–C–N with tert-alkyl or cyclic N) is 1. The third-order valence-corrected chi connectivity index (χ3v) is 7.08. The van der Waals surface area contributed by atoms with Gasteiger partial charge in [0.05, 0.1) is 18.9 Å². The SMILES string of the molecule is COc1ccc(CCC2(NCC(O)c3ccc(O)c4c3CCC(=O)N4)CCCCC2)cc1. The lowest BCUT2D eigenvalue weighted by Crippen LogP contribution is -2.48. The van der Waals surface area contributed by atoms with Gasteiger partial charge < -0.3 is 25.6 Å². The molecular formula is C26H34N2O4. The number of hydrogen-bond donors (Lipinski definition) is 4. The maximum Gasteiger partial charge on any atom is 0.224 e. The van der Waals surface area contributed by atoms with Crippen LogP contribution in [0.5, 0.6) is 11.5 Å². The molecule has 172 valence electrons. The van der Waals surface area contributed by atoms with Gasteiger partial charge in [0.2, 0.25) is 5.91 Å². The third kappa shape index (κ3) is 5.08. The number of nitrogens with one attached hydrogen (secondary N) is 2. The van der Waals surface area contributed by atoms with Gasteiger partial charge in [-0.15, -0.1) is 0 Å². The number of benzene rings is 2. The van der Waals surface area contributed by atoms with Crippen LogP contribution in [0, 0.1) is 0 Å². The standard InChI is InChI=1S/C26H34N2O4/c1-32-19-7-5-18(6-8-19)13-16-26(14-3-2-4-15-26)27-17-23(30)20-9-11-22(29)25-21(20)10-12-24(31)28-25/h5-9,11,23,27,29-30H,2-4,10,12-17H2,1H3,(H,28,31). The molecule has 32 heavy (non-hydrogen) atoms. The fraction of sp³-hybridized carbons (Fsp3) is 0.500. The third-order valence-electron chi connectivity index (χ3n) is 7.08. The minimum atomic E-state index is -0.695. The van der Waals surface area contributed by atoms with E-state index in [0.29, 0.717) is 25.1 Å². The van der Waals surface area contributed by atoms with E-state index in [4.69, 9.17) is 4.74 Å². The molecule has 0 saturated heterocycles. The number of phenolic OH excluding ortho intramolecular Hbond substituents is 1. The summed E-state index contributed by atoms with van der Waals surface area (Å²) in [6.07, 6.45) is 8.10. The molecule has 1 fully saturated rings. The minimum absolute atomic E-state index is 0.0182. The van der Waals surface area contributed by atoms with E-state index in [9.17, 15) is 15.0 Å². The molecular weight excluding hydrogens is 404 g/mol. The van der Waals surface area contributed by atoms with Crippen LogP contribution < -0.4 is 15.4 Å². The summed E-state index contributed by atoms with van der Waals surface area (Å²) in [6.45, 7) is 0.452. The number of phenols is 1. The highest BCUT2D eigenvalue weighted by molar-refractivity contribution is 5.96. The highest BCUT2D eigenvalue weighted by Crippen LogP contribution is 2.37. The number of aryl methyl sites for hydroxylation is 1. The van der Waals surface area contributed by atoms with Crippen LogP contribution in [0.4, 0.5) is 5.69 Å².